The van der Waals surface area contributed by atoms with Gasteiger partial charge in [0, 0.05) is 6.07 Å². The summed E-state index contributed by atoms with van der Waals surface area (Å²) in [5.41, 5.74) is 0.271. The zero-order valence-corrected chi connectivity index (χ0v) is 4.63. The summed E-state index contributed by atoms with van der Waals surface area (Å²) < 4.78 is 12.0. The number of rotatable bonds is 0. The summed E-state index contributed by atoms with van der Waals surface area (Å²) in [6, 6.07) is 2.92. The molecule has 0 aliphatic heterocycles. The van der Waals surface area contributed by atoms with Gasteiger partial charge in [0.2, 0.25) is 0 Å². The molecule has 39 valence electrons. The summed E-state index contributed by atoms with van der Waals surface area (Å²) in [5.74, 6) is 0. The van der Waals surface area contributed by atoms with Gasteiger partial charge in [-0.15, -0.1) is 11.3 Å². The van der Waals surface area contributed by atoms with Crippen LogP contribution in [0.5, 0.6) is 0 Å². The third-order valence-corrected chi connectivity index (χ3v) is 1.27. The van der Waals surface area contributed by atoms with E-state index in [-0.39, 0.29) is 10.7 Å². The number of thiophene rings is 1. The highest BCUT2D eigenvalue weighted by molar-refractivity contribution is 7.07. The van der Waals surface area contributed by atoms with Crippen molar-refractivity contribution in [2.45, 2.75) is 0 Å². The van der Waals surface area contributed by atoms with Crippen LogP contribution in [0.3, 0.4) is 0 Å². The standard InChI is InChI=1S/C5HFNS/c6-5-1-4(2-7)3-8-5/h1H. The van der Waals surface area contributed by atoms with Crippen molar-refractivity contribution in [3.05, 3.63) is 22.1 Å². The first-order chi connectivity index (χ1) is 3.83. The monoisotopic (exact) mass is 126 g/mol. The van der Waals surface area contributed by atoms with Gasteiger partial charge in [0.25, 0.3) is 0 Å². The molecule has 0 spiro atoms. The third kappa shape index (κ3) is 0.849. The van der Waals surface area contributed by atoms with E-state index in [2.05, 4.69) is 5.38 Å². The fourth-order valence-corrected chi connectivity index (χ4v) is 0.820. The van der Waals surface area contributed by atoms with Crippen LogP contribution in [0, 0.1) is 21.8 Å². The van der Waals surface area contributed by atoms with Crippen molar-refractivity contribution in [3.63, 3.8) is 0 Å². The molecule has 0 aliphatic carbocycles. The molecule has 0 fully saturated rings. The Labute approximate surface area is 50.0 Å². The van der Waals surface area contributed by atoms with E-state index in [9.17, 15) is 4.39 Å². The van der Waals surface area contributed by atoms with Crippen molar-refractivity contribution in [2.24, 2.45) is 0 Å². The predicted octanol–water partition coefficient (Wildman–Crippen LogP) is 1.56. The SMILES string of the molecule is N#Cc1[c]sc(F)c1. The van der Waals surface area contributed by atoms with E-state index >= 15 is 0 Å². The normalized spacial score (nSPS) is 8.50. The summed E-state index contributed by atoms with van der Waals surface area (Å²) in [5, 5.41) is 10.2. The van der Waals surface area contributed by atoms with Crippen LogP contribution in [0.4, 0.5) is 4.39 Å². The summed E-state index contributed by atoms with van der Waals surface area (Å²) in [6.07, 6.45) is 0. The van der Waals surface area contributed by atoms with E-state index in [1.165, 1.54) is 0 Å². The minimum Gasteiger partial charge on any atom is -0.195 e. The molecule has 0 aromatic carbocycles. The maximum atomic E-state index is 12.0. The second-order valence-corrected chi connectivity index (χ2v) is 1.98. The Morgan fingerprint density at radius 2 is 2.62 bits per heavy atom. The lowest BCUT2D eigenvalue weighted by Gasteiger charge is -1.64. The van der Waals surface area contributed by atoms with Crippen LogP contribution in [0.2, 0.25) is 0 Å². The van der Waals surface area contributed by atoms with Gasteiger partial charge in [-0.3, -0.25) is 0 Å². The van der Waals surface area contributed by atoms with Crippen LogP contribution in [0.1, 0.15) is 5.56 Å². The number of hydrogen-bond acceptors (Lipinski definition) is 2. The highest BCUT2D eigenvalue weighted by Crippen LogP contribution is 2.08. The second-order valence-electron chi connectivity index (χ2n) is 1.18. The summed E-state index contributed by atoms with van der Waals surface area (Å²) >= 11 is 0.815. The molecule has 0 saturated heterocycles. The Morgan fingerprint density at radius 1 is 1.88 bits per heavy atom. The fourth-order valence-electron chi connectivity index (χ4n) is 0.331. The molecule has 8 heavy (non-hydrogen) atoms. The van der Waals surface area contributed by atoms with Crippen LogP contribution in [0.25, 0.3) is 0 Å². The molecule has 0 bridgehead atoms. The number of hydrogen-bond donors (Lipinski definition) is 0. The minimum atomic E-state index is -0.360. The Hall–Kier alpha value is -0.880. The maximum absolute atomic E-state index is 12.0. The lowest BCUT2D eigenvalue weighted by molar-refractivity contribution is 0.657. The number of halogens is 1. The molecule has 0 N–H and O–H groups in total. The van der Waals surface area contributed by atoms with Crippen LogP contribution in [0.15, 0.2) is 6.07 Å². The maximum Gasteiger partial charge on any atom is 0.178 e. The molecule has 0 saturated carbocycles. The van der Waals surface area contributed by atoms with Crippen LogP contribution < -0.4 is 0 Å². The van der Waals surface area contributed by atoms with Gasteiger partial charge in [0.1, 0.15) is 6.07 Å². The van der Waals surface area contributed by atoms with Crippen LogP contribution in [-0.2, 0) is 0 Å². The van der Waals surface area contributed by atoms with E-state index in [0.717, 1.165) is 17.4 Å². The lowest BCUT2D eigenvalue weighted by atomic mass is 10.4. The van der Waals surface area contributed by atoms with Gasteiger partial charge in [-0.1, -0.05) is 0 Å². The molecule has 0 amide bonds. The highest BCUT2D eigenvalue weighted by atomic mass is 32.1. The molecule has 0 atom stereocenters. The van der Waals surface area contributed by atoms with Crippen molar-refractivity contribution >= 4 is 11.3 Å². The predicted molar refractivity (Wildman–Crippen MR) is 27.8 cm³/mol. The van der Waals surface area contributed by atoms with Gasteiger partial charge in [-0.2, -0.15) is 9.65 Å². The first-order valence-corrected chi connectivity index (χ1v) is 2.71. The fraction of sp³-hybridized carbons (Fsp3) is 0. The van der Waals surface area contributed by atoms with E-state index in [1.807, 2.05) is 0 Å². The van der Waals surface area contributed by atoms with Crippen molar-refractivity contribution < 1.29 is 4.39 Å². The molecule has 0 unspecified atom stereocenters. The average Bonchev–Trinajstić information content (AvgIpc) is 2.14. The first-order valence-electron chi connectivity index (χ1n) is 1.90. The molecular formula is C5HFNS. The molecule has 3 heteroatoms. The molecule has 1 aromatic rings. The van der Waals surface area contributed by atoms with E-state index in [4.69, 9.17) is 5.26 Å². The van der Waals surface area contributed by atoms with Crippen LogP contribution in [-0.4, -0.2) is 0 Å². The van der Waals surface area contributed by atoms with Crippen molar-refractivity contribution in [2.75, 3.05) is 0 Å². The van der Waals surface area contributed by atoms with Gasteiger partial charge in [0.15, 0.2) is 5.13 Å². The smallest absolute Gasteiger partial charge is 0.178 e. The minimum absolute atomic E-state index is 0.271. The largest absolute Gasteiger partial charge is 0.195 e. The summed E-state index contributed by atoms with van der Waals surface area (Å²) in [6.45, 7) is 0. The van der Waals surface area contributed by atoms with Crippen molar-refractivity contribution in [1.29, 1.82) is 5.26 Å². The number of nitriles is 1. The average molecular weight is 126 g/mol. The van der Waals surface area contributed by atoms with Crippen LogP contribution >= 0.6 is 11.3 Å². The zero-order valence-electron chi connectivity index (χ0n) is 3.81. The van der Waals surface area contributed by atoms with Gasteiger partial charge < -0.3 is 0 Å². The second kappa shape index (κ2) is 1.93. The Balaban J connectivity index is 3.05. The molecule has 1 radical (unpaired) electrons. The van der Waals surface area contributed by atoms with E-state index in [0.29, 0.717) is 0 Å². The Kier molecular flexibility index (Phi) is 1.27. The molecular weight excluding hydrogens is 125 g/mol. The first kappa shape index (κ1) is 5.26. The third-order valence-electron chi connectivity index (χ3n) is 0.637. The summed E-state index contributed by atoms with van der Waals surface area (Å²) in [7, 11) is 0. The van der Waals surface area contributed by atoms with Gasteiger partial charge in [-0.05, 0) is 0 Å². The van der Waals surface area contributed by atoms with Gasteiger partial charge in [-0.25, -0.2) is 0 Å². The molecule has 1 rings (SSSR count). The molecule has 0 aliphatic rings. The van der Waals surface area contributed by atoms with E-state index < -0.39 is 0 Å². The van der Waals surface area contributed by atoms with Gasteiger partial charge >= 0.3 is 0 Å². The quantitative estimate of drug-likeness (QED) is 0.517. The Morgan fingerprint density at radius 3 is 2.88 bits per heavy atom. The van der Waals surface area contributed by atoms with E-state index in [1.54, 1.807) is 6.07 Å². The molecule has 1 aromatic heterocycles. The summed E-state index contributed by atoms with van der Waals surface area (Å²) in [4.78, 5) is 0. The Bertz CT molecular complexity index is 223. The topological polar surface area (TPSA) is 23.8 Å². The van der Waals surface area contributed by atoms with Crippen molar-refractivity contribution in [3.8, 4) is 6.07 Å². The highest BCUT2D eigenvalue weighted by Gasteiger charge is 1.94. The number of nitrogens with zero attached hydrogens (tertiary/aromatic N) is 1. The van der Waals surface area contributed by atoms with Gasteiger partial charge in [0.05, 0.1) is 10.9 Å². The molecule has 1 heterocycles. The zero-order chi connectivity index (χ0) is 5.98. The van der Waals surface area contributed by atoms with Crippen molar-refractivity contribution in [1.82, 2.24) is 0 Å². The molecule has 1 nitrogen and oxygen atoms in total. The lowest BCUT2D eigenvalue weighted by Crippen LogP contribution is -1.58.